The summed E-state index contributed by atoms with van der Waals surface area (Å²) < 4.78 is 6.69. The first-order valence-electron chi connectivity index (χ1n) is 5.39. The summed E-state index contributed by atoms with van der Waals surface area (Å²) in [6, 6.07) is 6.02. The molecule has 0 radical (unpaired) electrons. The quantitative estimate of drug-likeness (QED) is 0.945. The Balaban J connectivity index is 2.33. The smallest absolute Gasteiger partial charge is 0.247 e. The van der Waals surface area contributed by atoms with E-state index in [9.17, 15) is 0 Å². The van der Waals surface area contributed by atoms with Crippen LogP contribution in [0.15, 0.2) is 27.1 Å². The Kier molecular flexibility index (Phi) is 3.59. The van der Waals surface area contributed by atoms with Gasteiger partial charge >= 0.3 is 0 Å². The van der Waals surface area contributed by atoms with Crippen molar-refractivity contribution in [3.8, 4) is 11.5 Å². The topological polar surface area (TPSA) is 51.0 Å². The lowest BCUT2D eigenvalue weighted by Gasteiger charge is -2.03. The predicted octanol–water partition coefficient (Wildman–Crippen LogP) is 3.09. The highest BCUT2D eigenvalue weighted by molar-refractivity contribution is 9.10. The Hall–Kier alpha value is -1.20. The van der Waals surface area contributed by atoms with Crippen molar-refractivity contribution in [3.63, 3.8) is 0 Å². The third-order valence-electron chi connectivity index (χ3n) is 2.65. The molecule has 0 saturated carbocycles. The van der Waals surface area contributed by atoms with E-state index in [1.807, 2.05) is 39.1 Å². The zero-order valence-electron chi connectivity index (χ0n) is 9.99. The third kappa shape index (κ3) is 2.56. The number of halogens is 1. The average molecular weight is 296 g/mol. The molecule has 0 saturated heterocycles. The maximum Gasteiger partial charge on any atom is 0.247 e. The van der Waals surface area contributed by atoms with E-state index in [2.05, 4.69) is 31.4 Å². The molecule has 0 fully saturated rings. The van der Waals surface area contributed by atoms with Crippen LogP contribution in [0.3, 0.4) is 0 Å². The fourth-order valence-corrected chi connectivity index (χ4v) is 1.67. The summed E-state index contributed by atoms with van der Waals surface area (Å²) in [6.07, 6.45) is 0. The van der Waals surface area contributed by atoms with Crippen molar-refractivity contribution in [3.05, 3.63) is 34.1 Å². The van der Waals surface area contributed by atoms with Gasteiger partial charge < -0.3 is 9.73 Å². The first-order valence-corrected chi connectivity index (χ1v) is 6.18. The molecule has 1 unspecified atom stereocenters. The van der Waals surface area contributed by atoms with Crippen molar-refractivity contribution >= 4 is 15.9 Å². The van der Waals surface area contributed by atoms with Gasteiger partial charge in [0.1, 0.15) is 0 Å². The van der Waals surface area contributed by atoms with Crippen LogP contribution in [0.4, 0.5) is 0 Å². The van der Waals surface area contributed by atoms with Gasteiger partial charge in [0.2, 0.25) is 11.8 Å². The number of hydrogen-bond donors (Lipinski definition) is 1. The molecule has 1 N–H and O–H groups in total. The molecule has 0 amide bonds. The summed E-state index contributed by atoms with van der Waals surface area (Å²) in [5.41, 5.74) is 2.08. The number of rotatable bonds is 3. The number of aryl methyl sites for hydroxylation is 1. The Morgan fingerprint density at radius 1 is 1.35 bits per heavy atom. The summed E-state index contributed by atoms with van der Waals surface area (Å²) in [5, 5.41) is 11.1. The molecule has 4 nitrogen and oxygen atoms in total. The van der Waals surface area contributed by atoms with Crippen molar-refractivity contribution < 1.29 is 4.42 Å². The van der Waals surface area contributed by atoms with Gasteiger partial charge in [-0.25, -0.2) is 0 Å². The second-order valence-electron chi connectivity index (χ2n) is 3.92. The van der Waals surface area contributed by atoms with Crippen LogP contribution in [-0.2, 0) is 0 Å². The first-order chi connectivity index (χ1) is 8.11. The zero-order chi connectivity index (χ0) is 12.4. The molecule has 1 atom stereocenters. The predicted molar refractivity (Wildman–Crippen MR) is 69.6 cm³/mol. The Labute approximate surface area is 109 Å². The number of nitrogens with one attached hydrogen (secondary N) is 1. The van der Waals surface area contributed by atoms with Crippen molar-refractivity contribution in [2.24, 2.45) is 0 Å². The number of nitrogens with zero attached hydrogens (tertiary/aromatic N) is 2. The molecule has 5 heteroatoms. The minimum atomic E-state index is 0.0628. The van der Waals surface area contributed by atoms with E-state index in [4.69, 9.17) is 4.42 Å². The highest BCUT2D eigenvalue weighted by Crippen LogP contribution is 2.25. The van der Waals surface area contributed by atoms with Crippen molar-refractivity contribution in [2.75, 3.05) is 7.05 Å². The second kappa shape index (κ2) is 4.98. The molecule has 0 aliphatic heterocycles. The lowest BCUT2D eigenvalue weighted by Crippen LogP contribution is -2.12. The van der Waals surface area contributed by atoms with E-state index >= 15 is 0 Å². The summed E-state index contributed by atoms with van der Waals surface area (Å²) in [5.74, 6) is 1.15. The molecule has 0 aliphatic rings. The van der Waals surface area contributed by atoms with Crippen molar-refractivity contribution in [1.82, 2.24) is 15.5 Å². The van der Waals surface area contributed by atoms with Crippen LogP contribution in [0.25, 0.3) is 11.5 Å². The van der Waals surface area contributed by atoms with Gasteiger partial charge in [0.25, 0.3) is 0 Å². The van der Waals surface area contributed by atoms with Crippen LogP contribution in [0.2, 0.25) is 0 Å². The molecule has 90 valence electrons. The fraction of sp³-hybridized carbons (Fsp3) is 0.333. The van der Waals surface area contributed by atoms with E-state index < -0.39 is 0 Å². The molecule has 1 aromatic carbocycles. The molecule has 2 aromatic rings. The summed E-state index contributed by atoms with van der Waals surface area (Å²) >= 11 is 3.46. The maximum absolute atomic E-state index is 5.62. The molecule has 17 heavy (non-hydrogen) atoms. The van der Waals surface area contributed by atoms with Gasteiger partial charge in [-0.05, 0) is 44.7 Å². The van der Waals surface area contributed by atoms with Crippen LogP contribution < -0.4 is 5.32 Å². The van der Waals surface area contributed by atoms with Gasteiger partial charge in [-0.15, -0.1) is 10.2 Å². The summed E-state index contributed by atoms with van der Waals surface area (Å²) in [4.78, 5) is 0. The van der Waals surface area contributed by atoms with Crippen LogP contribution >= 0.6 is 15.9 Å². The monoisotopic (exact) mass is 295 g/mol. The molecule has 0 aliphatic carbocycles. The molecule has 2 rings (SSSR count). The van der Waals surface area contributed by atoms with Crippen molar-refractivity contribution in [2.45, 2.75) is 19.9 Å². The number of benzene rings is 1. The highest BCUT2D eigenvalue weighted by atomic mass is 79.9. The molecule has 0 bridgehead atoms. The van der Waals surface area contributed by atoms with Crippen LogP contribution in [-0.4, -0.2) is 17.2 Å². The van der Waals surface area contributed by atoms with Gasteiger partial charge in [-0.3, -0.25) is 0 Å². The van der Waals surface area contributed by atoms with Gasteiger partial charge in [0, 0.05) is 10.0 Å². The van der Waals surface area contributed by atoms with Crippen LogP contribution in [0.5, 0.6) is 0 Å². The average Bonchev–Trinajstić information content (AvgIpc) is 2.81. The normalized spacial score (nSPS) is 12.7. The van der Waals surface area contributed by atoms with E-state index in [0.717, 1.165) is 15.6 Å². The lowest BCUT2D eigenvalue weighted by molar-refractivity contribution is 0.441. The largest absolute Gasteiger partial charge is 0.419 e. The van der Waals surface area contributed by atoms with Gasteiger partial charge in [0.15, 0.2) is 0 Å². The summed E-state index contributed by atoms with van der Waals surface area (Å²) in [7, 11) is 1.86. The SMILES string of the molecule is CNC(C)c1nnc(-c2ccc(Br)c(C)c2)o1. The standard InChI is InChI=1S/C12H14BrN3O/c1-7-6-9(4-5-10(7)13)12-16-15-11(17-12)8(2)14-3/h4-6,8,14H,1-3H3. The fourth-order valence-electron chi connectivity index (χ4n) is 1.43. The molecular weight excluding hydrogens is 282 g/mol. The molecular formula is C12H14BrN3O. The van der Waals surface area contributed by atoms with Gasteiger partial charge in [-0.2, -0.15) is 0 Å². The van der Waals surface area contributed by atoms with E-state index in [-0.39, 0.29) is 6.04 Å². The van der Waals surface area contributed by atoms with E-state index in [1.54, 1.807) is 0 Å². The zero-order valence-corrected chi connectivity index (χ0v) is 11.6. The Bertz CT molecular complexity index is 524. The van der Waals surface area contributed by atoms with Crippen LogP contribution in [0.1, 0.15) is 24.4 Å². The molecule has 0 spiro atoms. The first kappa shape index (κ1) is 12.3. The summed E-state index contributed by atoms with van der Waals surface area (Å²) in [6.45, 7) is 4.01. The van der Waals surface area contributed by atoms with Crippen molar-refractivity contribution in [1.29, 1.82) is 0 Å². The van der Waals surface area contributed by atoms with Gasteiger partial charge in [-0.1, -0.05) is 15.9 Å². The lowest BCUT2D eigenvalue weighted by atomic mass is 10.1. The Morgan fingerprint density at radius 3 is 2.76 bits per heavy atom. The maximum atomic E-state index is 5.62. The number of hydrogen-bond acceptors (Lipinski definition) is 4. The third-order valence-corrected chi connectivity index (χ3v) is 3.54. The molecule has 1 aromatic heterocycles. The highest BCUT2D eigenvalue weighted by Gasteiger charge is 2.13. The minimum Gasteiger partial charge on any atom is -0.419 e. The minimum absolute atomic E-state index is 0.0628. The number of aromatic nitrogens is 2. The Morgan fingerprint density at radius 2 is 2.12 bits per heavy atom. The van der Waals surface area contributed by atoms with E-state index in [1.165, 1.54) is 0 Å². The molecule has 1 heterocycles. The van der Waals surface area contributed by atoms with Crippen LogP contribution in [0, 0.1) is 6.92 Å². The second-order valence-corrected chi connectivity index (χ2v) is 4.77. The van der Waals surface area contributed by atoms with E-state index in [0.29, 0.717) is 11.8 Å². The van der Waals surface area contributed by atoms with Gasteiger partial charge in [0.05, 0.1) is 6.04 Å².